The SMILES string of the molecule is Cc1nn(C)cc1CNC(C)c1ccncc1. The van der Waals surface area contributed by atoms with Crippen molar-refractivity contribution in [3.05, 3.63) is 47.5 Å². The zero-order chi connectivity index (χ0) is 12.3. The van der Waals surface area contributed by atoms with E-state index in [2.05, 4.69) is 28.5 Å². The molecular weight excluding hydrogens is 212 g/mol. The van der Waals surface area contributed by atoms with E-state index >= 15 is 0 Å². The smallest absolute Gasteiger partial charge is 0.0638 e. The van der Waals surface area contributed by atoms with Crippen LogP contribution >= 0.6 is 0 Å². The largest absolute Gasteiger partial charge is 0.306 e. The molecule has 0 spiro atoms. The zero-order valence-corrected chi connectivity index (χ0v) is 10.5. The van der Waals surface area contributed by atoms with Crippen LogP contribution in [0.4, 0.5) is 0 Å². The molecule has 1 N–H and O–H groups in total. The van der Waals surface area contributed by atoms with E-state index in [0.717, 1.165) is 12.2 Å². The van der Waals surface area contributed by atoms with E-state index in [1.54, 1.807) is 0 Å². The number of pyridine rings is 1. The maximum atomic E-state index is 4.33. The summed E-state index contributed by atoms with van der Waals surface area (Å²) in [5, 5.41) is 7.82. The molecule has 4 nitrogen and oxygen atoms in total. The van der Waals surface area contributed by atoms with E-state index < -0.39 is 0 Å². The van der Waals surface area contributed by atoms with Crippen molar-refractivity contribution in [2.75, 3.05) is 0 Å². The summed E-state index contributed by atoms with van der Waals surface area (Å²) < 4.78 is 1.85. The average Bonchev–Trinajstić information content (AvgIpc) is 2.66. The van der Waals surface area contributed by atoms with Gasteiger partial charge in [0.05, 0.1) is 5.69 Å². The monoisotopic (exact) mass is 230 g/mol. The van der Waals surface area contributed by atoms with Crippen LogP contribution in [0.25, 0.3) is 0 Å². The number of nitrogens with zero attached hydrogens (tertiary/aromatic N) is 3. The molecule has 0 aliphatic rings. The Labute approximate surface area is 102 Å². The first-order valence-corrected chi connectivity index (χ1v) is 5.79. The Morgan fingerprint density at radius 1 is 1.35 bits per heavy atom. The van der Waals surface area contributed by atoms with Crippen molar-refractivity contribution < 1.29 is 0 Å². The molecule has 0 bridgehead atoms. The summed E-state index contributed by atoms with van der Waals surface area (Å²) in [5.74, 6) is 0. The molecule has 0 fully saturated rings. The molecule has 2 aromatic rings. The lowest BCUT2D eigenvalue weighted by Crippen LogP contribution is -2.18. The van der Waals surface area contributed by atoms with Crippen molar-refractivity contribution in [3.8, 4) is 0 Å². The van der Waals surface area contributed by atoms with Crippen LogP contribution in [-0.2, 0) is 13.6 Å². The molecule has 0 saturated heterocycles. The summed E-state index contributed by atoms with van der Waals surface area (Å²) >= 11 is 0. The van der Waals surface area contributed by atoms with Crippen LogP contribution in [0.3, 0.4) is 0 Å². The predicted octanol–water partition coefficient (Wildman–Crippen LogP) is 1.97. The van der Waals surface area contributed by atoms with Crippen molar-refractivity contribution in [1.29, 1.82) is 0 Å². The number of hydrogen-bond donors (Lipinski definition) is 1. The fourth-order valence-electron chi connectivity index (χ4n) is 1.86. The van der Waals surface area contributed by atoms with E-state index in [-0.39, 0.29) is 0 Å². The quantitative estimate of drug-likeness (QED) is 0.873. The van der Waals surface area contributed by atoms with Gasteiger partial charge in [-0.25, -0.2) is 0 Å². The van der Waals surface area contributed by atoms with Crippen LogP contribution < -0.4 is 5.32 Å². The maximum absolute atomic E-state index is 4.33. The summed E-state index contributed by atoms with van der Waals surface area (Å²) in [7, 11) is 1.95. The highest BCUT2D eigenvalue weighted by atomic mass is 15.2. The molecule has 90 valence electrons. The van der Waals surface area contributed by atoms with Gasteiger partial charge >= 0.3 is 0 Å². The van der Waals surface area contributed by atoms with Crippen LogP contribution in [0.5, 0.6) is 0 Å². The Hall–Kier alpha value is -1.68. The Bertz CT molecular complexity index is 475. The molecule has 0 amide bonds. The molecule has 4 heteroatoms. The number of aromatic nitrogens is 3. The summed E-state index contributed by atoms with van der Waals surface area (Å²) in [6, 6.07) is 4.39. The van der Waals surface area contributed by atoms with Crippen LogP contribution in [0.1, 0.15) is 29.8 Å². The summed E-state index contributed by atoms with van der Waals surface area (Å²) in [5.41, 5.74) is 3.58. The van der Waals surface area contributed by atoms with E-state index in [4.69, 9.17) is 0 Å². The summed E-state index contributed by atoms with van der Waals surface area (Å²) in [6.07, 6.45) is 5.70. The molecule has 1 unspecified atom stereocenters. The Kier molecular flexibility index (Phi) is 3.54. The summed E-state index contributed by atoms with van der Waals surface area (Å²) in [6.45, 7) is 5.03. The van der Waals surface area contributed by atoms with Gasteiger partial charge < -0.3 is 5.32 Å². The van der Waals surface area contributed by atoms with Crippen LogP contribution in [0.2, 0.25) is 0 Å². The van der Waals surface area contributed by atoms with Crippen LogP contribution in [0.15, 0.2) is 30.7 Å². The maximum Gasteiger partial charge on any atom is 0.0638 e. The fraction of sp³-hybridized carbons (Fsp3) is 0.385. The van der Waals surface area contributed by atoms with Gasteiger partial charge in [0.15, 0.2) is 0 Å². The van der Waals surface area contributed by atoms with Gasteiger partial charge in [0.2, 0.25) is 0 Å². The topological polar surface area (TPSA) is 42.7 Å². The molecule has 2 aromatic heterocycles. The summed E-state index contributed by atoms with van der Waals surface area (Å²) in [4.78, 5) is 4.02. The molecule has 0 aromatic carbocycles. The minimum atomic E-state index is 0.317. The van der Waals surface area contributed by atoms with E-state index in [1.165, 1.54) is 11.1 Å². The highest BCUT2D eigenvalue weighted by molar-refractivity contribution is 5.17. The minimum absolute atomic E-state index is 0.317. The number of hydrogen-bond acceptors (Lipinski definition) is 3. The molecule has 2 heterocycles. The van der Waals surface area contributed by atoms with Gasteiger partial charge in [-0.1, -0.05) is 0 Å². The third kappa shape index (κ3) is 2.91. The second-order valence-electron chi connectivity index (χ2n) is 4.30. The van der Waals surface area contributed by atoms with E-state index in [1.807, 2.05) is 43.2 Å². The second kappa shape index (κ2) is 5.10. The van der Waals surface area contributed by atoms with Gasteiger partial charge in [-0.2, -0.15) is 5.10 Å². The van der Waals surface area contributed by atoms with Gasteiger partial charge in [0, 0.05) is 43.8 Å². The lowest BCUT2D eigenvalue weighted by atomic mass is 10.1. The average molecular weight is 230 g/mol. The Morgan fingerprint density at radius 3 is 2.65 bits per heavy atom. The lowest BCUT2D eigenvalue weighted by Gasteiger charge is -2.13. The van der Waals surface area contributed by atoms with Crippen molar-refractivity contribution in [3.63, 3.8) is 0 Å². The zero-order valence-electron chi connectivity index (χ0n) is 10.5. The number of aryl methyl sites for hydroxylation is 2. The molecule has 17 heavy (non-hydrogen) atoms. The number of nitrogens with one attached hydrogen (secondary N) is 1. The fourth-order valence-corrected chi connectivity index (χ4v) is 1.86. The lowest BCUT2D eigenvalue weighted by molar-refractivity contribution is 0.573. The molecule has 0 saturated carbocycles. The van der Waals surface area contributed by atoms with Gasteiger partial charge in [-0.05, 0) is 31.5 Å². The second-order valence-corrected chi connectivity index (χ2v) is 4.30. The molecular formula is C13H18N4. The standard InChI is InChI=1S/C13H18N4/c1-10(12-4-6-14-7-5-12)15-8-13-9-17(3)16-11(13)2/h4-7,9-10,15H,8H2,1-3H3. The molecule has 1 atom stereocenters. The van der Waals surface area contributed by atoms with Crippen molar-refractivity contribution in [2.45, 2.75) is 26.4 Å². The minimum Gasteiger partial charge on any atom is -0.306 e. The predicted molar refractivity (Wildman–Crippen MR) is 67.4 cm³/mol. The van der Waals surface area contributed by atoms with Gasteiger partial charge in [-0.3, -0.25) is 9.67 Å². The van der Waals surface area contributed by atoms with Gasteiger partial charge in [-0.15, -0.1) is 0 Å². The normalized spacial score (nSPS) is 12.6. The molecule has 0 radical (unpaired) electrons. The van der Waals surface area contributed by atoms with Crippen molar-refractivity contribution in [2.24, 2.45) is 7.05 Å². The van der Waals surface area contributed by atoms with Crippen molar-refractivity contribution >= 4 is 0 Å². The highest BCUT2D eigenvalue weighted by Crippen LogP contribution is 2.12. The first-order chi connectivity index (χ1) is 8.16. The van der Waals surface area contributed by atoms with Crippen LogP contribution in [-0.4, -0.2) is 14.8 Å². The first-order valence-electron chi connectivity index (χ1n) is 5.79. The van der Waals surface area contributed by atoms with Gasteiger partial charge in [0.1, 0.15) is 0 Å². The van der Waals surface area contributed by atoms with Gasteiger partial charge in [0.25, 0.3) is 0 Å². The molecule has 0 aliphatic heterocycles. The Balaban J connectivity index is 1.97. The third-order valence-corrected chi connectivity index (χ3v) is 2.92. The third-order valence-electron chi connectivity index (χ3n) is 2.92. The van der Waals surface area contributed by atoms with Crippen LogP contribution in [0, 0.1) is 6.92 Å². The van der Waals surface area contributed by atoms with E-state index in [0.29, 0.717) is 6.04 Å². The Morgan fingerprint density at radius 2 is 2.06 bits per heavy atom. The highest BCUT2D eigenvalue weighted by Gasteiger charge is 2.07. The molecule has 2 rings (SSSR count). The van der Waals surface area contributed by atoms with E-state index in [9.17, 15) is 0 Å². The number of rotatable bonds is 4. The molecule has 0 aliphatic carbocycles. The van der Waals surface area contributed by atoms with Crippen molar-refractivity contribution in [1.82, 2.24) is 20.1 Å². The first kappa shape index (κ1) is 11.8.